The van der Waals surface area contributed by atoms with E-state index in [-0.39, 0.29) is 0 Å². The SMILES string of the molecule is C=Cc1occc1CCCC. The first kappa shape index (κ1) is 8.12. The van der Waals surface area contributed by atoms with E-state index in [9.17, 15) is 0 Å². The first-order chi connectivity index (χ1) is 5.38. The third-order valence-corrected chi connectivity index (χ3v) is 1.77. The molecule has 0 spiro atoms. The number of rotatable bonds is 4. The molecule has 1 aromatic rings. The van der Waals surface area contributed by atoms with Gasteiger partial charge in [-0.05, 0) is 30.5 Å². The van der Waals surface area contributed by atoms with Crippen LogP contribution in [0.3, 0.4) is 0 Å². The van der Waals surface area contributed by atoms with Crippen LogP contribution < -0.4 is 0 Å². The lowest BCUT2D eigenvalue weighted by Gasteiger charge is -1.95. The van der Waals surface area contributed by atoms with E-state index in [1.165, 1.54) is 18.4 Å². The molecule has 1 nitrogen and oxygen atoms in total. The van der Waals surface area contributed by atoms with Crippen molar-refractivity contribution in [3.05, 3.63) is 30.2 Å². The Bertz CT molecular complexity index is 223. The van der Waals surface area contributed by atoms with E-state index < -0.39 is 0 Å². The summed E-state index contributed by atoms with van der Waals surface area (Å²) in [5.74, 6) is 0.929. The highest BCUT2D eigenvalue weighted by Crippen LogP contribution is 2.14. The Hall–Kier alpha value is -0.980. The maximum absolute atomic E-state index is 5.19. The van der Waals surface area contributed by atoms with Crippen molar-refractivity contribution >= 4 is 6.08 Å². The molecule has 60 valence electrons. The van der Waals surface area contributed by atoms with Crippen molar-refractivity contribution < 1.29 is 4.42 Å². The molecule has 0 fully saturated rings. The third-order valence-electron chi connectivity index (χ3n) is 1.77. The minimum absolute atomic E-state index is 0.929. The molecule has 0 amide bonds. The van der Waals surface area contributed by atoms with Crippen molar-refractivity contribution in [3.8, 4) is 0 Å². The number of hydrogen-bond donors (Lipinski definition) is 0. The quantitative estimate of drug-likeness (QED) is 0.642. The Balaban J connectivity index is 2.61. The van der Waals surface area contributed by atoms with Crippen LogP contribution in [0, 0.1) is 0 Å². The standard InChI is InChI=1S/C10H14O/c1-3-5-6-9-7-8-11-10(9)4-2/h4,7-8H,2-3,5-6H2,1H3. The molecule has 0 bridgehead atoms. The second-order valence-electron chi connectivity index (χ2n) is 2.62. The molecular formula is C10H14O. The Kier molecular flexibility index (Phi) is 2.96. The number of hydrogen-bond acceptors (Lipinski definition) is 1. The molecule has 1 heterocycles. The lowest BCUT2D eigenvalue weighted by molar-refractivity contribution is 0.552. The van der Waals surface area contributed by atoms with Crippen LogP contribution in [-0.2, 0) is 6.42 Å². The molecule has 0 aromatic carbocycles. The van der Waals surface area contributed by atoms with E-state index in [1.807, 2.05) is 6.07 Å². The summed E-state index contributed by atoms with van der Waals surface area (Å²) in [4.78, 5) is 0. The summed E-state index contributed by atoms with van der Waals surface area (Å²) in [6, 6.07) is 2.02. The summed E-state index contributed by atoms with van der Waals surface area (Å²) in [6.07, 6.45) is 7.05. The van der Waals surface area contributed by atoms with Crippen LogP contribution in [0.15, 0.2) is 23.3 Å². The van der Waals surface area contributed by atoms with Gasteiger partial charge in [0.1, 0.15) is 5.76 Å². The van der Waals surface area contributed by atoms with Crippen LogP contribution >= 0.6 is 0 Å². The first-order valence-corrected chi connectivity index (χ1v) is 4.07. The molecular weight excluding hydrogens is 136 g/mol. The molecule has 0 atom stereocenters. The van der Waals surface area contributed by atoms with Gasteiger partial charge in [-0.2, -0.15) is 0 Å². The minimum atomic E-state index is 0.929. The zero-order valence-electron chi connectivity index (χ0n) is 6.97. The van der Waals surface area contributed by atoms with Crippen molar-refractivity contribution in [1.29, 1.82) is 0 Å². The fourth-order valence-corrected chi connectivity index (χ4v) is 1.10. The smallest absolute Gasteiger partial charge is 0.129 e. The van der Waals surface area contributed by atoms with Crippen LogP contribution in [0.1, 0.15) is 31.1 Å². The Morgan fingerprint density at radius 3 is 3.09 bits per heavy atom. The second kappa shape index (κ2) is 4.02. The van der Waals surface area contributed by atoms with Crippen molar-refractivity contribution in [2.75, 3.05) is 0 Å². The van der Waals surface area contributed by atoms with Gasteiger partial charge in [-0.15, -0.1) is 0 Å². The summed E-state index contributed by atoms with van der Waals surface area (Å²) < 4.78 is 5.19. The highest BCUT2D eigenvalue weighted by atomic mass is 16.3. The van der Waals surface area contributed by atoms with Gasteiger partial charge in [0.2, 0.25) is 0 Å². The van der Waals surface area contributed by atoms with Gasteiger partial charge >= 0.3 is 0 Å². The predicted octanol–water partition coefficient (Wildman–Crippen LogP) is 3.27. The molecule has 1 rings (SSSR count). The fraction of sp³-hybridized carbons (Fsp3) is 0.400. The van der Waals surface area contributed by atoms with E-state index in [0.29, 0.717) is 0 Å². The van der Waals surface area contributed by atoms with Gasteiger partial charge in [0.05, 0.1) is 6.26 Å². The molecule has 0 N–H and O–H groups in total. The maximum atomic E-state index is 5.19. The molecule has 11 heavy (non-hydrogen) atoms. The summed E-state index contributed by atoms with van der Waals surface area (Å²) in [6.45, 7) is 5.87. The van der Waals surface area contributed by atoms with Gasteiger partial charge in [0.15, 0.2) is 0 Å². The first-order valence-electron chi connectivity index (χ1n) is 4.07. The minimum Gasteiger partial charge on any atom is -0.465 e. The fourth-order valence-electron chi connectivity index (χ4n) is 1.10. The van der Waals surface area contributed by atoms with E-state index in [4.69, 9.17) is 4.42 Å². The van der Waals surface area contributed by atoms with Gasteiger partial charge in [0.25, 0.3) is 0 Å². The van der Waals surface area contributed by atoms with Gasteiger partial charge in [-0.25, -0.2) is 0 Å². The molecule has 0 saturated heterocycles. The highest BCUT2D eigenvalue weighted by molar-refractivity contribution is 5.44. The van der Waals surface area contributed by atoms with Crippen LogP contribution in [0.25, 0.3) is 6.08 Å². The zero-order valence-corrected chi connectivity index (χ0v) is 6.97. The summed E-state index contributed by atoms with van der Waals surface area (Å²) in [5, 5.41) is 0. The molecule has 0 unspecified atom stereocenters. The molecule has 0 radical (unpaired) electrons. The predicted molar refractivity (Wildman–Crippen MR) is 47.4 cm³/mol. The van der Waals surface area contributed by atoms with Crippen LogP contribution in [-0.4, -0.2) is 0 Å². The average molecular weight is 150 g/mol. The number of furan rings is 1. The van der Waals surface area contributed by atoms with Crippen LogP contribution in [0.2, 0.25) is 0 Å². The van der Waals surface area contributed by atoms with Crippen LogP contribution in [0.4, 0.5) is 0 Å². The summed E-state index contributed by atoms with van der Waals surface area (Å²) >= 11 is 0. The average Bonchev–Trinajstić information content (AvgIpc) is 2.47. The molecule has 0 saturated carbocycles. The number of unbranched alkanes of at least 4 members (excludes halogenated alkanes) is 1. The van der Waals surface area contributed by atoms with Crippen molar-refractivity contribution in [2.24, 2.45) is 0 Å². The van der Waals surface area contributed by atoms with Crippen molar-refractivity contribution in [1.82, 2.24) is 0 Å². The molecule has 1 heteroatoms. The normalized spacial score (nSPS) is 9.91. The second-order valence-corrected chi connectivity index (χ2v) is 2.62. The van der Waals surface area contributed by atoms with Crippen LogP contribution in [0.5, 0.6) is 0 Å². The lowest BCUT2D eigenvalue weighted by Crippen LogP contribution is -1.82. The Morgan fingerprint density at radius 1 is 1.64 bits per heavy atom. The van der Waals surface area contributed by atoms with Gasteiger partial charge in [-0.3, -0.25) is 0 Å². The van der Waals surface area contributed by atoms with E-state index >= 15 is 0 Å². The van der Waals surface area contributed by atoms with E-state index in [2.05, 4.69) is 13.5 Å². The largest absolute Gasteiger partial charge is 0.465 e. The van der Waals surface area contributed by atoms with E-state index in [1.54, 1.807) is 12.3 Å². The maximum Gasteiger partial charge on any atom is 0.129 e. The topological polar surface area (TPSA) is 13.1 Å². The van der Waals surface area contributed by atoms with Gasteiger partial charge in [-0.1, -0.05) is 19.9 Å². The van der Waals surface area contributed by atoms with Crippen molar-refractivity contribution in [3.63, 3.8) is 0 Å². The molecule has 0 aliphatic heterocycles. The number of aryl methyl sites for hydroxylation is 1. The zero-order chi connectivity index (χ0) is 8.10. The molecule has 0 aliphatic rings. The summed E-state index contributed by atoms with van der Waals surface area (Å²) in [7, 11) is 0. The molecule has 1 aromatic heterocycles. The lowest BCUT2D eigenvalue weighted by atomic mass is 10.1. The highest BCUT2D eigenvalue weighted by Gasteiger charge is 2.00. The van der Waals surface area contributed by atoms with Gasteiger partial charge < -0.3 is 4.42 Å². The van der Waals surface area contributed by atoms with Crippen molar-refractivity contribution in [2.45, 2.75) is 26.2 Å². The Morgan fingerprint density at radius 2 is 2.45 bits per heavy atom. The molecule has 0 aliphatic carbocycles. The Labute approximate surface area is 67.7 Å². The third kappa shape index (κ3) is 1.97. The summed E-state index contributed by atoms with van der Waals surface area (Å²) in [5.41, 5.74) is 1.28. The van der Waals surface area contributed by atoms with E-state index in [0.717, 1.165) is 12.2 Å². The van der Waals surface area contributed by atoms with Gasteiger partial charge in [0, 0.05) is 0 Å². The monoisotopic (exact) mass is 150 g/mol.